The fraction of sp³-hybridized carbons (Fsp3) is 0.200. The van der Waals surface area contributed by atoms with Gasteiger partial charge in [0, 0.05) is 11.1 Å². The summed E-state index contributed by atoms with van der Waals surface area (Å²) in [6.07, 6.45) is 0.0664. The molecule has 0 saturated carbocycles. The highest BCUT2D eigenvalue weighted by Crippen LogP contribution is 2.29. The van der Waals surface area contributed by atoms with Crippen LogP contribution >= 0.6 is 0 Å². The molecule has 0 fully saturated rings. The first kappa shape index (κ1) is 16.0. The van der Waals surface area contributed by atoms with Gasteiger partial charge in [-0.1, -0.05) is 48.0 Å². The summed E-state index contributed by atoms with van der Waals surface area (Å²) < 4.78 is 10.9. The third-order valence-electron chi connectivity index (χ3n) is 3.65. The Morgan fingerprint density at radius 1 is 1.04 bits per heavy atom. The number of aryl methyl sites for hydroxylation is 1. The number of oxazole rings is 1. The van der Waals surface area contributed by atoms with E-state index in [2.05, 4.69) is 4.98 Å². The minimum Gasteiger partial charge on any atom is -0.466 e. The zero-order chi connectivity index (χ0) is 16.9. The smallest absolute Gasteiger partial charge is 0.313 e. The molecule has 0 N–H and O–H groups in total. The van der Waals surface area contributed by atoms with Crippen LogP contribution in [-0.2, 0) is 16.0 Å². The summed E-state index contributed by atoms with van der Waals surface area (Å²) in [4.78, 5) is 16.5. The van der Waals surface area contributed by atoms with Crippen molar-refractivity contribution in [2.24, 2.45) is 0 Å². The third kappa shape index (κ3) is 3.54. The van der Waals surface area contributed by atoms with Crippen molar-refractivity contribution >= 4 is 5.97 Å². The van der Waals surface area contributed by atoms with Gasteiger partial charge in [0.15, 0.2) is 0 Å². The van der Waals surface area contributed by atoms with E-state index in [1.807, 2.05) is 61.5 Å². The van der Waals surface area contributed by atoms with Gasteiger partial charge in [-0.2, -0.15) is 0 Å². The molecule has 4 heteroatoms. The molecule has 0 bridgehead atoms. The maximum atomic E-state index is 11.9. The first-order valence-electron chi connectivity index (χ1n) is 7.95. The molecule has 4 nitrogen and oxygen atoms in total. The van der Waals surface area contributed by atoms with Crippen molar-refractivity contribution in [2.75, 3.05) is 6.61 Å². The SMILES string of the molecule is CCOC(=O)Cc1oc(-c2ccc(C)cc2)nc1-c1ccccc1. The average Bonchev–Trinajstić information content (AvgIpc) is 3.00. The fourth-order valence-corrected chi connectivity index (χ4v) is 2.46. The molecular formula is C20H19NO3. The van der Waals surface area contributed by atoms with Crippen LogP contribution in [0.2, 0.25) is 0 Å². The van der Waals surface area contributed by atoms with Crippen molar-refractivity contribution in [3.8, 4) is 22.7 Å². The molecule has 1 heterocycles. The molecule has 3 aromatic rings. The van der Waals surface area contributed by atoms with Crippen molar-refractivity contribution in [3.63, 3.8) is 0 Å². The molecule has 2 aromatic carbocycles. The third-order valence-corrected chi connectivity index (χ3v) is 3.65. The van der Waals surface area contributed by atoms with Crippen molar-refractivity contribution in [3.05, 3.63) is 65.9 Å². The van der Waals surface area contributed by atoms with Crippen LogP contribution in [0.4, 0.5) is 0 Å². The van der Waals surface area contributed by atoms with E-state index >= 15 is 0 Å². The molecule has 0 aliphatic rings. The van der Waals surface area contributed by atoms with Crippen molar-refractivity contribution in [1.82, 2.24) is 4.98 Å². The second-order valence-electron chi connectivity index (χ2n) is 5.50. The molecule has 0 radical (unpaired) electrons. The quantitative estimate of drug-likeness (QED) is 0.653. The fourth-order valence-electron chi connectivity index (χ4n) is 2.46. The second kappa shape index (κ2) is 7.13. The molecule has 0 unspecified atom stereocenters. The van der Waals surface area contributed by atoms with Gasteiger partial charge in [-0.3, -0.25) is 4.79 Å². The Kier molecular flexibility index (Phi) is 4.75. The van der Waals surface area contributed by atoms with Crippen molar-refractivity contribution in [2.45, 2.75) is 20.3 Å². The Morgan fingerprint density at radius 3 is 2.42 bits per heavy atom. The summed E-state index contributed by atoms with van der Waals surface area (Å²) in [5.41, 5.74) is 3.64. The lowest BCUT2D eigenvalue weighted by atomic mass is 10.1. The highest BCUT2D eigenvalue weighted by Gasteiger charge is 2.19. The van der Waals surface area contributed by atoms with E-state index < -0.39 is 0 Å². The summed E-state index contributed by atoms with van der Waals surface area (Å²) in [7, 11) is 0. The minimum absolute atomic E-state index is 0.0664. The number of aromatic nitrogens is 1. The number of nitrogens with zero attached hydrogens (tertiary/aromatic N) is 1. The van der Waals surface area contributed by atoms with E-state index in [0.29, 0.717) is 24.0 Å². The van der Waals surface area contributed by atoms with Gasteiger partial charge < -0.3 is 9.15 Å². The first-order valence-corrected chi connectivity index (χ1v) is 7.95. The second-order valence-corrected chi connectivity index (χ2v) is 5.50. The number of hydrogen-bond donors (Lipinski definition) is 0. The Bertz CT molecular complexity index is 820. The molecule has 3 rings (SSSR count). The monoisotopic (exact) mass is 321 g/mol. The predicted octanol–water partition coefficient (Wildman–Crippen LogP) is 4.42. The summed E-state index contributed by atoms with van der Waals surface area (Å²) in [6.45, 7) is 4.16. The summed E-state index contributed by atoms with van der Waals surface area (Å²) in [5, 5.41) is 0. The van der Waals surface area contributed by atoms with Gasteiger partial charge in [-0.05, 0) is 26.0 Å². The average molecular weight is 321 g/mol. The number of carbonyl (C=O) groups is 1. The van der Waals surface area contributed by atoms with E-state index in [1.54, 1.807) is 6.92 Å². The topological polar surface area (TPSA) is 52.3 Å². The van der Waals surface area contributed by atoms with Crippen LogP contribution in [0, 0.1) is 6.92 Å². The molecule has 0 atom stereocenters. The lowest BCUT2D eigenvalue weighted by molar-refractivity contribution is -0.142. The summed E-state index contributed by atoms with van der Waals surface area (Å²) >= 11 is 0. The van der Waals surface area contributed by atoms with Crippen LogP contribution in [0.5, 0.6) is 0 Å². The van der Waals surface area contributed by atoms with Crippen molar-refractivity contribution in [1.29, 1.82) is 0 Å². The van der Waals surface area contributed by atoms with Gasteiger partial charge in [-0.15, -0.1) is 0 Å². The highest BCUT2D eigenvalue weighted by molar-refractivity contribution is 5.76. The number of rotatable bonds is 5. The Hall–Kier alpha value is -2.88. The van der Waals surface area contributed by atoms with Gasteiger partial charge in [0.05, 0.1) is 6.61 Å². The zero-order valence-electron chi connectivity index (χ0n) is 13.8. The number of hydrogen-bond acceptors (Lipinski definition) is 4. The van der Waals surface area contributed by atoms with Crippen LogP contribution < -0.4 is 0 Å². The van der Waals surface area contributed by atoms with E-state index in [9.17, 15) is 4.79 Å². The van der Waals surface area contributed by atoms with Crippen LogP contribution in [0.25, 0.3) is 22.7 Å². The lowest BCUT2D eigenvalue weighted by Crippen LogP contribution is -2.07. The van der Waals surface area contributed by atoms with Gasteiger partial charge in [0.25, 0.3) is 0 Å². The summed E-state index contributed by atoms with van der Waals surface area (Å²) in [5.74, 6) is 0.713. The standard InChI is InChI=1S/C20H19NO3/c1-3-23-18(22)13-17-19(15-7-5-4-6-8-15)21-20(24-17)16-11-9-14(2)10-12-16/h4-12H,3,13H2,1-2H3. The Balaban J connectivity index is 2.01. The van der Waals surface area contributed by atoms with Gasteiger partial charge >= 0.3 is 5.97 Å². The molecule has 0 saturated heterocycles. The summed E-state index contributed by atoms with van der Waals surface area (Å²) in [6, 6.07) is 17.6. The number of ether oxygens (including phenoxy) is 1. The van der Waals surface area contributed by atoms with Gasteiger partial charge in [0.2, 0.25) is 5.89 Å². The minimum atomic E-state index is -0.318. The highest BCUT2D eigenvalue weighted by atomic mass is 16.5. The van der Waals surface area contributed by atoms with Crippen LogP contribution in [0.1, 0.15) is 18.2 Å². The number of esters is 1. The number of benzene rings is 2. The maximum absolute atomic E-state index is 11.9. The first-order chi connectivity index (χ1) is 11.7. The van der Waals surface area contributed by atoms with E-state index in [0.717, 1.165) is 11.1 Å². The zero-order valence-corrected chi connectivity index (χ0v) is 13.8. The molecule has 122 valence electrons. The Morgan fingerprint density at radius 2 is 1.75 bits per heavy atom. The maximum Gasteiger partial charge on any atom is 0.313 e. The molecule has 0 aliphatic heterocycles. The molecule has 1 aromatic heterocycles. The van der Waals surface area contributed by atoms with Crippen LogP contribution in [0.3, 0.4) is 0 Å². The molecule has 0 amide bonds. The van der Waals surface area contributed by atoms with E-state index in [-0.39, 0.29) is 12.4 Å². The van der Waals surface area contributed by atoms with Gasteiger partial charge in [-0.25, -0.2) is 4.98 Å². The normalized spacial score (nSPS) is 10.6. The van der Waals surface area contributed by atoms with Crippen LogP contribution in [-0.4, -0.2) is 17.6 Å². The van der Waals surface area contributed by atoms with E-state index in [4.69, 9.17) is 9.15 Å². The van der Waals surface area contributed by atoms with Crippen molar-refractivity contribution < 1.29 is 13.9 Å². The van der Waals surface area contributed by atoms with Crippen LogP contribution in [0.15, 0.2) is 59.0 Å². The molecule has 0 spiro atoms. The molecule has 24 heavy (non-hydrogen) atoms. The molecule has 0 aliphatic carbocycles. The molecular weight excluding hydrogens is 302 g/mol. The van der Waals surface area contributed by atoms with E-state index in [1.165, 1.54) is 5.56 Å². The number of carbonyl (C=O) groups excluding carboxylic acids is 1. The van der Waals surface area contributed by atoms with Gasteiger partial charge in [0.1, 0.15) is 17.9 Å². The largest absolute Gasteiger partial charge is 0.466 e. The predicted molar refractivity (Wildman–Crippen MR) is 92.4 cm³/mol. The Labute approximate surface area is 141 Å². The lowest BCUT2D eigenvalue weighted by Gasteiger charge is -2.01.